The molecule has 0 bridgehead atoms. The molecule has 0 heterocycles. The van der Waals surface area contributed by atoms with Crippen molar-refractivity contribution in [3.63, 3.8) is 0 Å². The maximum Gasteiger partial charge on any atom is 0.266 e. The number of nitriles is 1. The van der Waals surface area contributed by atoms with Gasteiger partial charge in [0.25, 0.3) is 5.91 Å². The van der Waals surface area contributed by atoms with Crippen LogP contribution in [-0.2, 0) is 11.4 Å². The molecule has 1 N–H and O–H groups in total. The quantitative estimate of drug-likeness (QED) is 0.127. The lowest BCUT2D eigenvalue weighted by atomic mass is 10.0. The number of amides is 1. The second-order valence-electron chi connectivity index (χ2n) is 8.04. The monoisotopic (exact) mass is 652 g/mol. The first-order valence-corrected chi connectivity index (χ1v) is 12.9. The van der Waals surface area contributed by atoms with Gasteiger partial charge in [0.2, 0.25) is 0 Å². The first kappa shape index (κ1) is 25.7. The molecule has 0 aliphatic carbocycles. The summed E-state index contributed by atoms with van der Waals surface area (Å²) in [5.41, 5.74) is 3.51. The van der Waals surface area contributed by atoms with Crippen LogP contribution >= 0.6 is 38.5 Å². The predicted octanol–water partition coefficient (Wildman–Crippen LogP) is 7.65. The Morgan fingerprint density at radius 1 is 1.11 bits per heavy atom. The van der Waals surface area contributed by atoms with Gasteiger partial charge in [0.1, 0.15) is 18.2 Å². The first-order chi connectivity index (χ1) is 17.4. The van der Waals surface area contributed by atoms with Crippen LogP contribution in [0.5, 0.6) is 11.5 Å². The number of hydrogen-bond acceptors (Lipinski definition) is 4. The summed E-state index contributed by atoms with van der Waals surface area (Å²) in [5, 5.41) is 14.7. The van der Waals surface area contributed by atoms with Crippen molar-refractivity contribution in [2.75, 3.05) is 12.4 Å². The van der Waals surface area contributed by atoms with Gasteiger partial charge in [0.05, 0.1) is 10.7 Å². The van der Waals surface area contributed by atoms with Crippen LogP contribution in [0.1, 0.15) is 16.7 Å². The van der Waals surface area contributed by atoms with Gasteiger partial charge in [0.15, 0.2) is 11.5 Å². The Labute approximate surface area is 232 Å². The minimum absolute atomic E-state index is 0.0178. The van der Waals surface area contributed by atoms with Crippen molar-refractivity contribution in [3.8, 4) is 17.6 Å². The molecule has 180 valence electrons. The van der Waals surface area contributed by atoms with E-state index in [2.05, 4.69) is 75.0 Å². The van der Waals surface area contributed by atoms with Crippen molar-refractivity contribution in [1.82, 2.24) is 0 Å². The average Bonchev–Trinajstić information content (AvgIpc) is 2.88. The van der Waals surface area contributed by atoms with E-state index in [0.717, 1.165) is 29.9 Å². The Kier molecular flexibility index (Phi) is 8.28. The topological polar surface area (TPSA) is 71.3 Å². The number of rotatable bonds is 7. The molecule has 0 aliphatic heterocycles. The molecular weight excluding hydrogens is 631 g/mol. The average molecular weight is 653 g/mol. The fourth-order valence-electron chi connectivity index (χ4n) is 3.79. The summed E-state index contributed by atoms with van der Waals surface area (Å²) in [5.74, 6) is 0.651. The van der Waals surface area contributed by atoms with E-state index < -0.39 is 5.91 Å². The number of fused-ring (bicyclic) bond motifs is 1. The molecule has 0 radical (unpaired) electrons. The molecule has 0 aliphatic rings. The highest BCUT2D eigenvalue weighted by Gasteiger charge is 2.15. The van der Waals surface area contributed by atoms with E-state index in [1.165, 1.54) is 6.08 Å². The highest BCUT2D eigenvalue weighted by molar-refractivity contribution is 14.1. The molecule has 0 saturated carbocycles. The van der Waals surface area contributed by atoms with Crippen molar-refractivity contribution < 1.29 is 14.3 Å². The molecule has 36 heavy (non-hydrogen) atoms. The van der Waals surface area contributed by atoms with Crippen molar-refractivity contribution in [1.29, 1.82) is 5.26 Å². The molecule has 4 rings (SSSR count). The zero-order valence-electron chi connectivity index (χ0n) is 19.6. The van der Waals surface area contributed by atoms with Gasteiger partial charge in [-0.1, -0.05) is 52.3 Å². The summed E-state index contributed by atoms with van der Waals surface area (Å²) >= 11 is 5.54. The van der Waals surface area contributed by atoms with Gasteiger partial charge < -0.3 is 14.8 Å². The highest BCUT2D eigenvalue weighted by Crippen LogP contribution is 2.36. The number of aryl methyl sites for hydroxylation is 1. The zero-order valence-corrected chi connectivity index (χ0v) is 23.4. The number of carbonyl (C=O) groups is 1. The van der Waals surface area contributed by atoms with Crippen LogP contribution in [0, 0.1) is 21.8 Å². The number of hydrogen-bond donors (Lipinski definition) is 1. The summed E-state index contributed by atoms with van der Waals surface area (Å²) in [6.45, 7) is 2.46. The summed E-state index contributed by atoms with van der Waals surface area (Å²) < 4.78 is 13.6. The van der Waals surface area contributed by atoms with Crippen LogP contribution in [0.25, 0.3) is 16.8 Å². The Morgan fingerprint density at radius 2 is 1.86 bits per heavy atom. The molecule has 0 unspecified atom stereocenters. The van der Waals surface area contributed by atoms with Gasteiger partial charge >= 0.3 is 0 Å². The van der Waals surface area contributed by atoms with E-state index in [9.17, 15) is 10.1 Å². The molecule has 4 aromatic carbocycles. The van der Waals surface area contributed by atoms with Crippen molar-refractivity contribution in [3.05, 3.63) is 103 Å². The number of ether oxygens (including phenoxy) is 2. The summed E-state index contributed by atoms with van der Waals surface area (Å²) in [6, 6.07) is 25.2. The van der Waals surface area contributed by atoms with E-state index in [1.807, 2.05) is 36.4 Å². The maximum absolute atomic E-state index is 12.7. The summed E-state index contributed by atoms with van der Waals surface area (Å²) in [7, 11) is 1.57. The van der Waals surface area contributed by atoms with Gasteiger partial charge in [-0.3, -0.25) is 4.79 Å². The lowest BCUT2D eigenvalue weighted by molar-refractivity contribution is -0.112. The third-order valence-electron chi connectivity index (χ3n) is 5.67. The predicted molar refractivity (Wildman–Crippen MR) is 155 cm³/mol. The van der Waals surface area contributed by atoms with Crippen molar-refractivity contribution >= 4 is 67.0 Å². The van der Waals surface area contributed by atoms with Gasteiger partial charge in [0, 0.05) is 15.7 Å². The van der Waals surface area contributed by atoms with Crippen LogP contribution in [0.15, 0.2) is 82.8 Å². The van der Waals surface area contributed by atoms with E-state index >= 15 is 0 Å². The minimum Gasteiger partial charge on any atom is -0.493 e. The largest absolute Gasteiger partial charge is 0.493 e. The molecule has 5 nitrogen and oxygen atoms in total. The van der Waals surface area contributed by atoms with Gasteiger partial charge in [-0.2, -0.15) is 5.26 Å². The molecule has 0 fully saturated rings. The SMILES string of the molecule is COc1cc(/C=C(\C#N)C(=O)Nc2ccc(Br)cc2)cc(I)c1OCc1c(C)ccc2ccccc12. The van der Waals surface area contributed by atoms with E-state index in [0.29, 0.717) is 29.4 Å². The standard InChI is InChI=1S/C29H22BrIN2O3/c1-18-7-8-20-5-3-4-6-24(20)25(18)17-36-28-26(31)14-19(15-27(28)35-2)13-21(16-32)29(34)33-23-11-9-22(30)10-12-23/h3-15H,17H2,1-2H3,(H,33,34)/b21-13+. The van der Waals surface area contributed by atoms with Crippen LogP contribution < -0.4 is 14.8 Å². The Balaban J connectivity index is 1.58. The number of halogens is 2. The zero-order chi connectivity index (χ0) is 25.7. The second kappa shape index (κ2) is 11.6. The third-order valence-corrected chi connectivity index (χ3v) is 7.00. The third kappa shape index (κ3) is 5.89. The lowest BCUT2D eigenvalue weighted by Crippen LogP contribution is -2.13. The van der Waals surface area contributed by atoms with Crippen molar-refractivity contribution in [2.45, 2.75) is 13.5 Å². The number of nitrogens with one attached hydrogen (secondary N) is 1. The van der Waals surface area contributed by atoms with Crippen LogP contribution in [0.2, 0.25) is 0 Å². The number of anilines is 1. The Morgan fingerprint density at radius 3 is 2.58 bits per heavy atom. The number of benzene rings is 4. The molecular formula is C29H22BrIN2O3. The first-order valence-electron chi connectivity index (χ1n) is 11.1. The molecule has 0 atom stereocenters. The number of nitrogens with zero attached hydrogens (tertiary/aromatic N) is 1. The van der Waals surface area contributed by atoms with E-state index in [4.69, 9.17) is 9.47 Å². The van der Waals surface area contributed by atoms with Gasteiger partial charge in [-0.05, 0) is 93.9 Å². The molecule has 4 aromatic rings. The molecule has 7 heteroatoms. The van der Waals surface area contributed by atoms with E-state index in [-0.39, 0.29) is 5.57 Å². The fraction of sp³-hybridized carbons (Fsp3) is 0.103. The maximum atomic E-state index is 12.7. The summed E-state index contributed by atoms with van der Waals surface area (Å²) in [4.78, 5) is 12.7. The smallest absolute Gasteiger partial charge is 0.266 e. The van der Waals surface area contributed by atoms with Crippen LogP contribution in [-0.4, -0.2) is 13.0 Å². The van der Waals surface area contributed by atoms with Crippen molar-refractivity contribution in [2.24, 2.45) is 0 Å². The molecule has 0 saturated heterocycles. The molecule has 0 aromatic heterocycles. The Bertz CT molecular complexity index is 1510. The molecule has 0 spiro atoms. The number of carbonyl (C=O) groups excluding carboxylic acids is 1. The minimum atomic E-state index is -0.486. The fourth-order valence-corrected chi connectivity index (χ4v) is 4.84. The lowest BCUT2D eigenvalue weighted by Gasteiger charge is -2.16. The summed E-state index contributed by atoms with van der Waals surface area (Å²) in [6.07, 6.45) is 1.54. The van der Waals surface area contributed by atoms with E-state index in [1.54, 1.807) is 25.3 Å². The van der Waals surface area contributed by atoms with Crippen LogP contribution in [0.3, 0.4) is 0 Å². The van der Waals surface area contributed by atoms with Gasteiger partial charge in [-0.25, -0.2) is 0 Å². The molecule has 1 amide bonds. The highest BCUT2D eigenvalue weighted by atomic mass is 127. The van der Waals surface area contributed by atoms with Gasteiger partial charge in [-0.15, -0.1) is 0 Å². The second-order valence-corrected chi connectivity index (χ2v) is 10.1. The Hall–Kier alpha value is -3.35. The normalized spacial score (nSPS) is 11.1. The van der Waals surface area contributed by atoms with Crippen LogP contribution in [0.4, 0.5) is 5.69 Å². The number of methoxy groups -OCH3 is 1.